The largest absolute Gasteiger partial charge is 0.391 e. The van der Waals surface area contributed by atoms with E-state index in [-0.39, 0.29) is 62.8 Å². The van der Waals surface area contributed by atoms with Gasteiger partial charge in [-0.25, -0.2) is 4.79 Å². The quantitative estimate of drug-likeness (QED) is 0.0474. The molecule has 3 aliphatic rings. The number of ether oxygens (including phenoxy) is 1. The number of hydrogen-bond donors (Lipinski definition) is 8. The lowest BCUT2D eigenvalue weighted by Crippen LogP contribution is -2.60. The van der Waals surface area contributed by atoms with Crippen molar-refractivity contribution in [3.05, 3.63) is 0 Å². The van der Waals surface area contributed by atoms with Gasteiger partial charge < -0.3 is 48.9 Å². The van der Waals surface area contributed by atoms with Gasteiger partial charge in [0, 0.05) is 54.7 Å². The number of urea groups is 1. The summed E-state index contributed by atoms with van der Waals surface area (Å²) in [5.41, 5.74) is 21.9. The molecule has 3 rings (SSSR count). The van der Waals surface area contributed by atoms with Crippen molar-refractivity contribution in [2.24, 2.45) is 39.8 Å². The van der Waals surface area contributed by atoms with Gasteiger partial charge in [0.05, 0.1) is 24.0 Å². The van der Waals surface area contributed by atoms with Crippen LogP contribution in [0.5, 0.6) is 0 Å². The van der Waals surface area contributed by atoms with Gasteiger partial charge in [0.1, 0.15) is 0 Å². The van der Waals surface area contributed by atoms with E-state index in [0.29, 0.717) is 76.8 Å². The molecule has 9 unspecified atom stereocenters. The van der Waals surface area contributed by atoms with Crippen LogP contribution in [-0.4, -0.2) is 104 Å². The fraction of sp³-hybridized carbons (Fsp3) is 0.906. The van der Waals surface area contributed by atoms with Crippen molar-refractivity contribution in [2.75, 3.05) is 31.9 Å². The van der Waals surface area contributed by atoms with E-state index in [2.05, 4.69) is 26.3 Å². The highest BCUT2D eigenvalue weighted by Crippen LogP contribution is 2.42. The summed E-state index contributed by atoms with van der Waals surface area (Å²) >= 11 is 1.31. The first-order valence-electron chi connectivity index (χ1n) is 18.0. The van der Waals surface area contributed by atoms with Crippen LogP contribution in [0.15, 0.2) is 4.99 Å². The maximum Gasteiger partial charge on any atom is 0.391 e. The number of amides is 3. The fourth-order valence-electron chi connectivity index (χ4n) is 7.42. The predicted molar refractivity (Wildman–Crippen MR) is 186 cm³/mol. The molecule has 0 bridgehead atoms. The van der Waals surface area contributed by atoms with Crippen LogP contribution in [0.3, 0.4) is 0 Å². The van der Waals surface area contributed by atoms with Crippen molar-refractivity contribution in [3.8, 4) is 0 Å². The van der Waals surface area contributed by atoms with Crippen LogP contribution in [0.1, 0.15) is 83.5 Å². The van der Waals surface area contributed by atoms with Gasteiger partial charge in [-0.15, -0.1) is 0 Å². The fourth-order valence-corrected chi connectivity index (χ4v) is 8.65. The van der Waals surface area contributed by atoms with Crippen molar-refractivity contribution in [3.63, 3.8) is 0 Å². The Hall–Kier alpha value is -2.22. The van der Waals surface area contributed by atoms with E-state index >= 15 is 0 Å². The summed E-state index contributed by atoms with van der Waals surface area (Å²) in [5, 5.41) is 11.0. The summed E-state index contributed by atoms with van der Waals surface area (Å²) < 4.78 is 89.9. The Bertz CT molecular complexity index is 1100. The van der Waals surface area contributed by atoms with Crippen LogP contribution < -0.4 is 44.2 Å². The molecule has 0 aromatic heterocycles. The first kappa shape index (κ1) is 43.2. The highest BCUT2D eigenvalue weighted by atomic mass is 32.2. The number of nitrogens with one attached hydrogen (secondary N) is 4. The zero-order valence-electron chi connectivity index (χ0n) is 29.1. The van der Waals surface area contributed by atoms with Gasteiger partial charge in [-0.2, -0.15) is 38.1 Å². The minimum atomic E-state index is -4.54. The summed E-state index contributed by atoms with van der Waals surface area (Å²) in [6.07, 6.45) is -6.32. The zero-order chi connectivity index (χ0) is 37.6. The van der Waals surface area contributed by atoms with E-state index in [1.807, 2.05) is 0 Å². The monoisotopic (exact) mass is 761 g/mol. The lowest BCUT2D eigenvalue weighted by atomic mass is 9.81. The molecule has 0 spiro atoms. The van der Waals surface area contributed by atoms with E-state index in [1.165, 1.54) is 11.8 Å². The first-order chi connectivity index (χ1) is 24.1. The third-order valence-electron chi connectivity index (χ3n) is 9.82. The molecular weight excluding hydrogens is 704 g/mol. The number of hydrogen-bond acceptors (Lipinski definition) is 8. The zero-order valence-corrected chi connectivity index (χ0v) is 29.9. The van der Waals surface area contributed by atoms with E-state index in [4.69, 9.17) is 27.7 Å². The number of unbranched alkanes of at least 4 members (excludes halogenated alkanes) is 1. The number of alkyl halides is 6. The molecule has 51 heavy (non-hydrogen) atoms. The maximum absolute atomic E-state index is 14.1. The lowest BCUT2D eigenvalue weighted by Gasteiger charge is -2.43. The molecule has 0 aromatic rings. The molecule has 9 atom stereocenters. The van der Waals surface area contributed by atoms with Gasteiger partial charge >= 0.3 is 18.4 Å². The van der Waals surface area contributed by atoms with Gasteiger partial charge in [-0.05, 0) is 90.1 Å². The second kappa shape index (κ2) is 20.9. The van der Waals surface area contributed by atoms with Crippen molar-refractivity contribution >= 4 is 29.7 Å². The van der Waals surface area contributed by atoms with Gasteiger partial charge in [-0.1, -0.05) is 0 Å². The molecule has 0 saturated heterocycles. The predicted octanol–water partition coefficient (Wildman–Crippen LogP) is 2.98. The van der Waals surface area contributed by atoms with E-state index in [9.17, 15) is 35.9 Å². The van der Waals surface area contributed by atoms with E-state index in [0.717, 1.165) is 0 Å². The molecule has 3 fully saturated rings. The third-order valence-corrected chi connectivity index (χ3v) is 11.3. The molecule has 0 aromatic carbocycles. The number of carbonyl (C=O) groups is 2. The molecule has 0 radical (unpaired) electrons. The van der Waals surface area contributed by atoms with Gasteiger partial charge in [0.2, 0.25) is 5.91 Å². The second-order valence-corrected chi connectivity index (χ2v) is 15.3. The third kappa shape index (κ3) is 15.3. The SMILES string of the molecule is NCCCNC1CC(OC2CCCC(NC(=O)NC3CC(C(F)(F)F)CC(NC(=O)CCCCN=C(N)N)C3SCCN)C2)CC(C(F)(F)F)C1. The summed E-state index contributed by atoms with van der Waals surface area (Å²) in [6.45, 7) is 1.54. The number of carbonyl (C=O) groups excluding carboxylic acids is 2. The van der Waals surface area contributed by atoms with Crippen LogP contribution >= 0.6 is 11.8 Å². The highest BCUT2D eigenvalue weighted by Gasteiger charge is 2.50. The minimum Gasteiger partial charge on any atom is -0.375 e. The number of rotatable bonds is 17. The average molecular weight is 762 g/mol. The maximum atomic E-state index is 14.1. The minimum absolute atomic E-state index is 0.0187. The van der Waals surface area contributed by atoms with Crippen molar-refractivity contribution < 1.29 is 40.7 Å². The smallest absolute Gasteiger partial charge is 0.375 e. The normalized spacial score (nSPS) is 30.3. The van der Waals surface area contributed by atoms with Crippen LogP contribution in [0.4, 0.5) is 31.1 Å². The van der Waals surface area contributed by atoms with Gasteiger partial charge in [0.15, 0.2) is 5.96 Å². The Labute approximate surface area is 300 Å². The molecule has 3 aliphatic carbocycles. The van der Waals surface area contributed by atoms with Crippen LogP contribution in [-0.2, 0) is 9.53 Å². The standard InChI is InChI=1S/C32H57F6N9O3S/c33-31(34,35)19-13-22(43-11-4-8-39)18-24(14-19)50-23-6-3-5-21(17-23)45-30(49)47-26-16-20(32(36,37)38)15-25(28(26)51-12-9-40)46-27(48)7-1-2-10-44-29(41)42/h19-26,28,43H,1-18,39-40H2,(H,46,48)(H4,41,42,44)(H2,45,47,49). The summed E-state index contributed by atoms with van der Waals surface area (Å²) in [6, 6.07) is -3.16. The number of thioether (sulfide) groups is 1. The van der Waals surface area contributed by atoms with Crippen LogP contribution in [0.2, 0.25) is 0 Å². The Morgan fingerprint density at radius 2 is 1.43 bits per heavy atom. The van der Waals surface area contributed by atoms with Crippen molar-refractivity contribution in [2.45, 2.75) is 137 Å². The van der Waals surface area contributed by atoms with E-state index in [1.54, 1.807) is 0 Å². The second-order valence-electron chi connectivity index (χ2n) is 14.0. The molecule has 296 valence electrons. The Balaban J connectivity index is 1.61. The topological polar surface area (TPSA) is 208 Å². The number of halogens is 6. The Kier molecular flexibility index (Phi) is 17.7. The van der Waals surface area contributed by atoms with Crippen molar-refractivity contribution in [1.82, 2.24) is 21.3 Å². The first-order valence-corrected chi connectivity index (χ1v) is 19.1. The van der Waals surface area contributed by atoms with Crippen molar-refractivity contribution in [1.29, 1.82) is 0 Å². The molecule has 3 saturated carbocycles. The number of nitrogens with two attached hydrogens (primary N) is 4. The van der Waals surface area contributed by atoms with Crippen LogP contribution in [0, 0.1) is 11.8 Å². The molecule has 12 nitrogen and oxygen atoms in total. The number of nitrogens with zero attached hydrogens (tertiary/aromatic N) is 1. The molecule has 3 amide bonds. The Morgan fingerprint density at radius 3 is 2.08 bits per heavy atom. The van der Waals surface area contributed by atoms with Crippen LogP contribution in [0.25, 0.3) is 0 Å². The lowest BCUT2D eigenvalue weighted by molar-refractivity contribution is -0.199. The highest BCUT2D eigenvalue weighted by molar-refractivity contribution is 8.00. The van der Waals surface area contributed by atoms with E-state index < -0.39 is 59.6 Å². The van der Waals surface area contributed by atoms with Gasteiger partial charge in [0.25, 0.3) is 0 Å². The molecule has 12 N–H and O–H groups in total. The molecule has 19 heteroatoms. The Morgan fingerprint density at radius 1 is 0.765 bits per heavy atom. The summed E-state index contributed by atoms with van der Waals surface area (Å²) in [5.74, 6) is -3.29. The summed E-state index contributed by atoms with van der Waals surface area (Å²) in [7, 11) is 0. The molecule has 0 heterocycles. The van der Waals surface area contributed by atoms with Gasteiger partial charge in [-0.3, -0.25) is 9.79 Å². The molecule has 0 aliphatic heterocycles. The molecular formula is C32H57F6N9O3S. The summed E-state index contributed by atoms with van der Waals surface area (Å²) in [4.78, 5) is 30.0. The number of aliphatic imine (C=N–C) groups is 1. The average Bonchev–Trinajstić information content (AvgIpc) is 3.03. The number of guanidine groups is 1.